The second kappa shape index (κ2) is 5.98. The summed E-state index contributed by atoms with van der Waals surface area (Å²) in [5.74, 6) is -1.32. The summed E-state index contributed by atoms with van der Waals surface area (Å²) in [5, 5.41) is 21.0. The SMILES string of the molecule is O=C([O-])[C@H]1CCC[NH+](C[C@H](O)c2ccccc2)C1. The molecule has 2 N–H and O–H groups in total. The van der Waals surface area contributed by atoms with Crippen molar-refractivity contribution in [2.24, 2.45) is 5.92 Å². The molecular formula is C14H19NO3. The van der Waals surface area contributed by atoms with Gasteiger partial charge in [0.2, 0.25) is 0 Å². The van der Waals surface area contributed by atoms with E-state index in [2.05, 4.69) is 0 Å². The quantitative estimate of drug-likeness (QED) is 0.702. The van der Waals surface area contributed by atoms with Crippen LogP contribution in [0.1, 0.15) is 24.5 Å². The van der Waals surface area contributed by atoms with Crippen LogP contribution in [-0.4, -0.2) is 30.7 Å². The van der Waals surface area contributed by atoms with Gasteiger partial charge in [-0.15, -0.1) is 0 Å². The minimum Gasteiger partial charge on any atom is -0.550 e. The highest BCUT2D eigenvalue weighted by atomic mass is 16.4. The van der Waals surface area contributed by atoms with Gasteiger partial charge in [0, 0.05) is 5.92 Å². The summed E-state index contributed by atoms with van der Waals surface area (Å²) in [4.78, 5) is 12.0. The Kier molecular flexibility index (Phi) is 4.33. The fourth-order valence-corrected chi connectivity index (χ4v) is 2.60. The highest BCUT2D eigenvalue weighted by molar-refractivity contribution is 5.67. The van der Waals surface area contributed by atoms with Gasteiger partial charge < -0.3 is 19.9 Å². The number of nitrogens with one attached hydrogen (secondary N) is 1. The average Bonchev–Trinajstić information content (AvgIpc) is 2.40. The Hall–Kier alpha value is -1.39. The largest absolute Gasteiger partial charge is 0.550 e. The van der Waals surface area contributed by atoms with E-state index >= 15 is 0 Å². The molecule has 1 unspecified atom stereocenters. The van der Waals surface area contributed by atoms with Gasteiger partial charge in [-0.05, 0) is 18.4 Å². The smallest absolute Gasteiger partial charge is 0.128 e. The Morgan fingerprint density at radius 2 is 2.17 bits per heavy atom. The molecule has 0 aliphatic carbocycles. The number of aliphatic hydroxyl groups is 1. The molecule has 2 rings (SSSR count). The van der Waals surface area contributed by atoms with Crippen LogP contribution in [0.5, 0.6) is 0 Å². The number of carboxylic acids is 1. The lowest BCUT2D eigenvalue weighted by Gasteiger charge is -2.31. The molecular weight excluding hydrogens is 230 g/mol. The van der Waals surface area contributed by atoms with Gasteiger partial charge in [-0.1, -0.05) is 30.3 Å². The number of quaternary nitrogens is 1. The predicted octanol–water partition coefficient (Wildman–Crippen LogP) is -1.24. The van der Waals surface area contributed by atoms with E-state index in [9.17, 15) is 15.0 Å². The van der Waals surface area contributed by atoms with Crippen LogP contribution in [0, 0.1) is 5.92 Å². The highest BCUT2D eigenvalue weighted by Crippen LogP contribution is 2.11. The summed E-state index contributed by atoms with van der Waals surface area (Å²) in [6.07, 6.45) is 1.06. The summed E-state index contributed by atoms with van der Waals surface area (Å²) in [7, 11) is 0. The minimum absolute atomic E-state index is 0.364. The molecule has 1 aliphatic heterocycles. The monoisotopic (exact) mass is 249 g/mol. The van der Waals surface area contributed by atoms with Crippen molar-refractivity contribution in [1.82, 2.24) is 0 Å². The van der Waals surface area contributed by atoms with Gasteiger partial charge in [0.1, 0.15) is 12.6 Å². The fraction of sp³-hybridized carbons (Fsp3) is 0.500. The summed E-state index contributed by atoms with van der Waals surface area (Å²) >= 11 is 0. The van der Waals surface area contributed by atoms with Crippen LogP contribution >= 0.6 is 0 Å². The first kappa shape index (κ1) is 13.1. The number of hydrogen-bond acceptors (Lipinski definition) is 3. The molecule has 0 saturated carbocycles. The zero-order valence-electron chi connectivity index (χ0n) is 10.3. The molecule has 0 spiro atoms. The van der Waals surface area contributed by atoms with Crippen LogP contribution in [0.2, 0.25) is 0 Å². The van der Waals surface area contributed by atoms with Gasteiger partial charge in [-0.3, -0.25) is 0 Å². The number of aliphatic hydroxyl groups excluding tert-OH is 1. The number of hydrogen-bond donors (Lipinski definition) is 2. The number of aliphatic carboxylic acids is 1. The lowest BCUT2D eigenvalue weighted by Crippen LogP contribution is -3.14. The molecule has 4 heteroatoms. The van der Waals surface area contributed by atoms with Gasteiger partial charge in [0.25, 0.3) is 0 Å². The normalized spacial score (nSPS) is 25.6. The first-order valence-electron chi connectivity index (χ1n) is 6.44. The van der Waals surface area contributed by atoms with Crippen LogP contribution in [0.15, 0.2) is 30.3 Å². The molecule has 0 aromatic heterocycles. The lowest BCUT2D eigenvalue weighted by atomic mass is 9.97. The highest BCUT2D eigenvalue weighted by Gasteiger charge is 2.26. The molecule has 1 saturated heterocycles. The van der Waals surface area contributed by atoms with Crippen molar-refractivity contribution in [3.63, 3.8) is 0 Å². The standard InChI is InChI=1S/C14H19NO3/c16-13(11-5-2-1-3-6-11)10-15-8-4-7-12(9-15)14(17)18/h1-3,5-6,12-13,16H,4,7-10H2,(H,17,18)/t12-,13-/m0/s1. The van der Waals surface area contributed by atoms with Crippen molar-refractivity contribution in [2.45, 2.75) is 18.9 Å². The van der Waals surface area contributed by atoms with Crippen molar-refractivity contribution in [3.05, 3.63) is 35.9 Å². The van der Waals surface area contributed by atoms with E-state index < -0.39 is 12.1 Å². The molecule has 1 aromatic rings. The fourth-order valence-electron chi connectivity index (χ4n) is 2.60. The zero-order valence-corrected chi connectivity index (χ0v) is 10.3. The topological polar surface area (TPSA) is 64.8 Å². The van der Waals surface area contributed by atoms with Crippen LogP contribution in [0.25, 0.3) is 0 Å². The summed E-state index contributed by atoms with van der Waals surface area (Å²) in [6.45, 7) is 2.05. The number of likely N-dealkylation sites (tertiary alicyclic amines) is 1. The Bertz CT molecular complexity index is 393. The molecule has 4 nitrogen and oxygen atoms in total. The first-order valence-corrected chi connectivity index (χ1v) is 6.44. The molecule has 0 bridgehead atoms. The molecule has 0 radical (unpaired) electrons. The Morgan fingerprint density at radius 1 is 1.44 bits per heavy atom. The Balaban J connectivity index is 1.91. The summed E-state index contributed by atoms with van der Waals surface area (Å²) in [6, 6.07) is 9.49. The van der Waals surface area contributed by atoms with Gasteiger partial charge in [-0.25, -0.2) is 0 Å². The molecule has 1 aliphatic rings. The second-order valence-corrected chi connectivity index (χ2v) is 4.99. The van der Waals surface area contributed by atoms with Crippen LogP contribution < -0.4 is 10.0 Å². The van der Waals surface area contributed by atoms with Gasteiger partial charge >= 0.3 is 0 Å². The van der Waals surface area contributed by atoms with Gasteiger partial charge in [0.05, 0.1) is 19.1 Å². The van der Waals surface area contributed by atoms with E-state index in [4.69, 9.17) is 0 Å². The maximum Gasteiger partial charge on any atom is 0.128 e. The molecule has 18 heavy (non-hydrogen) atoms. The zero-order chi connectivity index (χ0) is 13.0. The first-order chi connectivity index (χ1) is 8.66. The van der Waals surface area contributed by atoms with E-state index in [0.29, 0.717) is 19.5 Å². The van der Waals surface area contributed by atoms with E-state index in [1.807, 2.05) is 30.3 Å². The average molecular weight is 249 g/mol. The van der Waals surface area contributed by atoms with E-state index in [-0.39, 0.29) is 5.92 Å². The van der Waals surface area contributed by atoms with E-state index in [1.165, 1.54) is 0 Å². The third-order valence-electron chi connectivity index (χ3n) is 3.62. The number of carbonyl (C=O) groups excluding carboxylic acids is 1. The second-order valence-electron chi connectivity index (χ2n) is 4.99. The number of carbonyl (C=O) groups is 1. The lowest BCUT2D eigenvalue weighted by molar-refractivity contribution is -0.911. The Morgan fingerprint density at radius 3 is 2.83 bits per heavy atom. The number of benzene rings is 1. The van der Waals surface area contributed by atoms with Crippen molar-refractivity contribution >= 4 is 5.97 Å². The third-order valence-corrected chi connectivity index (χ3v) is 3.62. The Labute approximate surface area is 107 Å². The summed E-state index contributed by atoms with van der Waals surface area (Å²) < 4.78 is 0. The molecule has 1 heterocycles. The molecule has 0 amide bonds. The molecule has 1 fully saturated rings. The van der Waals surface area contributed by atoms with Crippen molar-refractivity contribution in [1.29, 1.82) is 0 Å². The minimum atomic E-state index is -0.957. The van der Waals surface area contributed by atoms with Crippen molar-refractivity contribution in [2.75, 3.05) is 19.6 Å². The van der Waals surface area contributed by atoms with Gasteiger partial charge in [-0.2, -0.15) is 0 Å². The van der Waals surface area contributed by atoms with Crippen molar-refractivity contribution in [3.8, 4) is 0 Å². The summed E-state index contributed by atoms with van der Waals surface area (Å²) in [5.41, 5.74) is 0.889. The van der Waals surface area contributed by atoms with Crippen molar-refractivity contribution < 1.29 is 19.9 Å². The number of carboxylic acid groups (broad SMARTS) is 1. The number of piperidine rings is 1. The van der Waals surface area contributed by atoms with Crippen LogP contribution in [0.3, 0.4) is 0 Å². The van der Waals surface area contributed by atoms with Crippen LogP contribution in [-0.2, 0) is 4.79 Å². The molecule has 1 aromatic carbocycles. The maximum absolute atomic E-state index is 10.9. The van der Waals surface area contributed by atoms with E-state index in [0.717, 1.165) is 23.4 Å². The van der Waals surface area contributed by atoms with Gasteiger partial charge in [0.15, 0.2) is 0 Å². The third kappa shape index (κ3) is 3.31. The molecule has 98 valence electrons. The van der Waals surface area contributed by atoms with Crippen LogP contribution in [0.4, 0.5) is 0 Å². The molecule has 3 atom stereocenters. The predicted molar refractivity (Wildman–Crippen MR) is 64.7 cm³/mol. The van der Waals surface area contributed by atoms with E-state index in [1.54, 1.807) is 0 Å². The number of rotatable bonds is 4. The maximum atomic E-state index is 10.9.